The van der Waals surface area contributed by atoms with Crippen molar-refractivity contribution in [3.05, 3.63) is 57.8 Å². The zero-order valence-electron chi connectivity index (χ0n) is 15.0. The van der Waals surface area contributed by atoms with E-state index >= 15 is 0 Å². The Morgan fingerprint density at radius 2 is 1.71 bits per heavy atom. The smallest absolute Gasteiger partial charge is 0.350 e. The van der Waals surface area contributed by atoms with Gasteiger partial charge >= 0.3 is 6.18 Å². The van der Waals surface area contributed by atoms with Crippen LogP contribution in [0.3, 0.4) is 0 Å². The van der Waals surface area contributed by atoms with E-state index in [1.54, 1.807) is 11.0 Å². The topological polar surface area (TPSA) is 52.7 Å². The van der Waals surface area contributed by atoms with Gasteiger partial charge in [0, 0.05) is 44.8 Å². The Labute approximate surface area is 164 Å². The maximum Gasteiger partial charge on any atom is 0.416 e. The SMILES string of the molecule is O=C(NCCN1CCN(C(=O)c2ccc(C(F)(F)F)cc2)CC1)c1cccs1. The van der Waals surface area contributed by atoms with E-state index in [9.17, 15) is 22.8 Å². The van der Waals surface area contributed by atoms with Crippen LogP contribution >= 0.6 is 11.3 Å². The first kappa shape index (κ1) is 20.3. The molecule has 2 heterocycles. The van der Waals surface area contributed by atoms with Gasteiger partial charge < -0.3 is 10.2 Å². The van der Waals surface area contributed by atoms with E-state index in [4.69, 9.17) is 0 Å². The third-order valence-electron chi connectivity index (χ3n) is 4.58. The highest BCUT2D eigenvalue weighted by Crippen LogP contribution is 2.29. The minimum Gasteiger partial charge on any atom is -0.350 e. The highest BCUT2D eigenvalue weighted by atomic mass is 32.1. The molecular weight excluding hydrogens is 391 g/mol. The summed E-state index contributed by atoms with van der Waals surface area (Å²) >= 11 is 1.39. The molecule has 0 atom stereocenters. The first-order valence-electron chi connectivity index (χ1n) is 8.85. The Morgan fingerprint density at radius 1 is 1.04 bits per heavy atom. The lowest BCUT2D eigenvalue weighted by Crippen LogP contribution is -2.50. The van der Waals surface area contributed by atoms with Crippen LogP contribution in [0.5, 0.6) is 0 Å². The summed E-state index contributed by atoms with van der Waals surface area (Å²) in [6.45, 7) is 3.50. The van der Waals surface area contributed by atoms with Crippen molar-refractivity contribution in [2.45, 2.75) is 6.18 Å². The van der Waals surface area contributed by atoms with Gasteiger partial charge in [0.15, 0.2) is 0 Å². The third-order valence-corrected chi connectivity index (χ3v) is 5.45. The third kappa shape index (κ3) is 5.11. The lowest BCUT2D eigenvalue weighted by atomic mass is 10.1. The Hall–Kier alpha value is -2.39. The second-order valence-electron chi connectivity index (χ2n) is 6.44. The summed E-state index contributed by atoms with van der Waals surface area (Å²) in [7, 11) is 0. The number of hydrogen-bond donors (Lipinski definition) is 1. The van der Waals surface area contributed by atoms with Crippen LogP contribution in [0.4, 0.5) is 13.2 Å². The molecule has 0 unspecified atom stereocenters. The zero-order valence-corrected chi connectivity index (χ0v) is 15.9. The van der Waals surface area contributed by atoms with Gasteiger partial charge in [-0.05, 0) is 35.7 Å². The molecule has 1 fully saturated rings. The van der Waals surface area contributed by atoms with Crippen LogP contribution in [0.2, 0.25) is 0 Å². The fraction of sp³-hybridized carbons (Fsp3) is 0.368. The van der Waals surface area contributed by atoms with Gasteiger partial charge in [0.05, 0.1) is 10.4 Å². The Morgan fingerprint density at radius 3 is 2.29 bits per heavy atom. The molecule has 0 saturated carbocycles. The average Bonchev–Trinajstić information content (AvgIpc) is 3.22. The van der Waals surface area contributed by atoms with Gasteiger partial charge in [-0.3, -0.25) is 14.5 Å². The van der Waals surface area contributed by atoms with Crippen LogP contribution in [-0.2, 0) is 6.18 Å². The van der Waals surface area contributed by atoms with Crippen LogP contribution < -0.4 is 5.32 Å². The molecule has 0 spiro atoms. The van der Waals surface area contributed by atoms with Gasteiger partial charge in [0.25, 0.3) is 11.8 Å². The molecule has 5 nitrogen and oxygen atoms in total. The number of thiophene rings is 1. The maximum atomic E-state index is 12.6. The van der Waals surface area contributed by atoms with Gasteiger partial charge in [0.1, 0.15) is 0 Å². The largest absolute Gasteiger partial charge is 0.416 e. The van der Waals surface area contributed by atoms with Crippen molar-refractivity contribution >= 4 is 23.2 Å². The van der Waals surface area contributed by atoms with E-state index < -0.39 is 11.7 Å². The van der Waals surface area contributed by atoms with Crippen LogP contribution in [-0.4, -0.2) is 60.9 Å². The van der Waals surface area contributed by atoms with Crippen molar-refractivity contribution in [3.8, 4) is 0 Å². The first-order valence-corrected chi connectivity index (χ1v) is 9.73. The Kier molecular flexibility index (Phi) is 6.35. The van der Waals surface area contributed by atoms with E-state index in [-0.39, 0.29) is 17.4 Å². The number of halogens is 3. The summed E-state index contributed by atoms with van der Waals surface area (Å²) in [4.78, 5) is 28.8. The molecule has 0 bridgehead atoms. The summed E-state index contributed by atoms with van der Waals surface area (Å²) in [5, 5.41) is 4.72. The van der Waals surface area contributed by atoms with E-state index in [1.807, 2.05) is 11.4 Å². The Balaban J connectivity index is 1.43. The number of rotatable bonds is 5. The normalized spacial score (nSPS) is 15.5. The van der Waals surface area contributed by atoms with E-state index in [0.29, 0.717) is 44.1 Å². The number of alkyl halides is 3. The van der Waals surface area contributed by atoms with E-state index in [1.165, 1.54) is 23.5 Å². The first-order chi connectivity index (χ1) is 13.3. The molecule has 1 saturated heterocycles. The summed E-state index contributed by atoms with van der Waals surface area (Å²) < 4.78 is 37.9. The number of nitrogens with one attached hydrogen (secondary N) is 1. The van der Waals surface area contributed by atoms with Gasteiger partial charge in [-0.2, -0.15) is 13.2 Å². The number of nitrogens with zero attached hydrogens (tertiary/aromatic N) is 2. The molecule has 9 heteroatoms. The highest BCUT2D eigenvalue weighted by Gasteiger charge is 2.30. The van der Waals surface area contributed by atoms with Crippen molar-refractivity contribution in [1.29, 1.82) is 0 Å². The molecule has 1 aliphatic rings. The van der Waals surface area contributed by atoms with E-state index in [2.05, 4.69) is 10.2 Å². The van der Waals surface area contributed by atoms with Crippen LogP contribution in [0.15, 0.2) is 41.8 Å². The quantitative estimate of drug-likeness (QED) is 0.823. The predicted molar refractivity (Wildman–Crippen MR) is 100 cm³/mol. The molecule has 1 N–H and O–H groups in total. The number of hydrogen-bond acceptors (Lipinski definition) is 4. The molecule has 1 aromatic heterocycles. The standard InChI is InChI=1S/C19H20F3N3O2S/c20-19(21,22)15-5-3-14(4-6-15)18(27)25-11-9-24(10-12-25)8-7-23-17(26)16-2-1-13-28-16/h1-6,13H,7-12H2,(H,23,26). The molecule has 1 aromatic carbocycles. The number of piperazine rings is 1. The predicted octanol–water partition coefficient (Wildman–Crippen LogP) is 2.95. The van der Waals surface area contributed by atoms with Crippen molar-refractivity contribution in [2.24, 2.45) is 0 Å². The molecule has 28 heavy (non-hydrogen) atoms. The summed E-state index contributed by atoms with van der Waals surface area (Å²) in [6.07, 6.45) is -4.41. The number of carbonyl (C=O) groups excluding carboxylic acids is 2. The fourth-order valence-electron chi connectivity index (χ4n) is 2.98. The number of carbonyl (C=O) groups is 2. The lowest BCUT2D eigenvalue weighted by Gasteiger charge is -2.34. The molecule has 0 aliphatic carbocycles. The van der Waals surface area contributed by atoms with Crippen LogP contribution in [0, 0.1) is 0 Å². The van der Waals surface area contributed by atoms with Crippen molar-refractivity contribution in [3.63, 3.8) is 0 Å². The minimum atomic E-state index is -4.41. The molecule has 3 rings (SSSR count). The molecule has 2 aromatic rings. The number of benzene rings is 1. The monoisotopic (exact) mass is 411 g/mol. The average molecular weight is 411 g/mol. The van der Waals surface area contributed by atoms with Crippen molar-refractivity contribution < 1.29 is 22.8 Å². The molecule has 2 amide bonds. The molecule has 150 valence electrons. The number of amides is 2. The van der Waals surface area contributed by atoms with Gasteiger partial charge in [-0.15, -0.1) is 11.3 Å². The second-order valence-corrected chi connectivity index (χ2v) is 7.39. The fourth-order valence-corrected chi connectivity index (χ4v) is 3.62. The molecule has 1 aliphatic heterocycles. The summed E-state index contributed by atoms with van der Waals surface area (Å²) in [5.41, 5.74) is -0.511. The molecule has 0 radical (unpaired) electrons. The van der Waals surface area contributed by atoms with Crippen molar-refractivity contribution in [1.82, 2.24) is 15.1 Å². The van der Waals surface area contributed by atoms with Gasteiger partial charge in [-0.25, -0.2) is 0 Å². The minimum absolute atomic E-state index is 0.0916. The van der Waals surface area contributed by atoms with Crippen LogP contribution in [0.25, 0.3) is 0 Å². The maximum absolute atomic E-state index is 12.6. The second kappa shape index (κ2) is 8.74. The lowest BCUT2D eigenvalue weighted by molar-refractivity contribution is -0.137. The van der Waals surface area contributed by atoms with Crippen LogP contribution in [0.1, 0.15) is 25.6 Å². The summed E-state index contributed by atoms with van der Waals surface area (Å²) in [5.74, 6) is -0.356. The Bertz CT molecular complexity index is 799. The summed E-state index contributed by atoms with van der Waals surface area (Å²) in [6, 6.07) is 7.90. The van der Waals surface area contributed by atoms with Crippen molar-refractivity contribution in [2.75, 3.05) is 39.3 Å². The van der Waals surface area contributed by atoms with E-state index in [0.717, 1.165) is 12.1 Å². The zero-order chi connectivity index (χ0) is 20.1. The highest BCUT2D eigenvalue weighted by molar-refractivity contribution is 7.12. The molecular formula is C19H20F3N3O2S. The van der Waals surface area contributed by atoms with Gasteiger partial charge in [0.2, 0.25) is 0 Å². The van der Waals surface area contributed by atoms with Gasteiger partial charge in [-0.1, -0.05) is 6.07 Å².